The summed E-state index contributed by atoms with van der Waals surface area (Å²) < 4.78 is 33.4. The van der Waals surface area contributed by atoms with E-state index in [4.69, 9.17) is 16.3 Å². The van der Waals surface area contributed by atoms with E-state index in [0.717, 1.165) is 16.1 Å². The van der Waals surface area contributed by atoms with Crippen molar-refractivity contribution < 1.29 is 17.9 Å². The van der Waals surface area contributed by atoms with E-state index in [0.29, 0.717) is 10.2 Å². The van der Waals surface area contributed by atoms with Gasteiger partial charge in [0.2, 0.25) is 15.2 Å². The highest BCUT2D eigenvalue weighted by Gasteiger charge is 2.22. The van der Waals surface area contributed by atoms with E-state index < -0.39 is 15.9 Å². The Labute approximate surface area is 189 Å². The molecular formula is C20H21ClN4O4S2. The van der Waals surface area contributed by atoms with Gasteiger partial charge in [0.05, 0.1) is 12.8 Å². The number of hydrazine groups is 1. The number of carbonyl (C=O) groups is 1. The second-order valence-corrected chi connectivity index (χ2v) is 9.93. The van der Waals surface area contributed by atoms with E-state index in [1.807, 2.05) is 13.8 Å². The van der Waals surface area contributed by atoms with Crippen LogP contribution < -0.4 is 20.3 Å². The first-order valence-electron chi connectivity index (χ1n) is 9.12. The summed E-state index contributed by atoms with van der Waals surface area (Å²) in [6.45, 7) is 3.86. The largest absolute Gasteiger partial charge is 0.495 e. The van der Waals surface area contributed by atoms with Gasteiger partial charge in [-0.25, -0.2) is 18.1 Å². The Morgan fingerprint density at radius 3 is 2.48 bits per heavy atom. The molecule has 3 rings (SSSR count). The number of amides is 1. The zero-order chi connectivity index (χ0) is 22.6. The van der Waals surface area contributed by atoms with Crippen LogP contribution in [0, 0.1) is 13.8 Å². The Hall–Kier alpha value is -2.66. The minimum Gasteiger partial charge on any atom is -0.495 e. The number of halogens is 1. The Morgan fingerprint density at radius 1 is 1.16 bits per heavy atom. The Kier molecular flexibility index (Phi) is 7.16. The number of thiazole rings is 1. The van der Waals surface area contributed by atoms with Crippen molar-refractivity contribution in [1.29, 1.82) is 0 Å². The first kappa shape index (κ1) is 23.0. The first-order chi connectivity index (χ1) is 14.7. The molecule has 0 spiro atoms. The van der Waals surface area contributed by atoms with Crippen LogP contribution in [0.2, 0.25) is 5.02 Å². The Bertz CT molecular complexity index is 1170. The summed E-state index contributed by atoms with van der Waals surface area (Å²) in [4.78, 5) is 17.7. The van der Waals surface area contributed by atoms with Gasteiger partial charge in [-0.05, 0) is 49.7 Å². The number of methoxy groups -OCH3 is 1. The molecule has 0 saturated carbocycles. The summed E-state index contributed by atoms with van der Waals surface area (Å²) in [5.74, 6) is -0.387. The highest BCUT2D eigenvalue weighted by Crippen LogP contribution is 2.25. The van der Waals surface area contributed by atoms with E-state index in [1.165, 1.54) is 36.6 Å². The molecule has 31 heavy (non-hydrogen) atoms. The van der Waals surface area contributed by atoms with Crippen LogP contribution in [0.1, 0.15) is 26.5 Å². The van der Waals surface area contributed by atoms with Gasteiger partial charge in [-0.2, -0.15) is 0 Å². The van der Waals surface area contributed by atoms with Crippen LogP contribution in [0.3, 0.4) is 0 Å². The number of anilines is 1. The van der Waals surface area contributed by atoms with Crippen molar-refractivity contribution in [2.75, 3.05) is 12.5 Å². The number of sulfonamides is 1. The predicted molar refractivity (Wildman–Crippen MR) is 121 cm³/mol. The van der Waals surface area contributed by atoms with Gasteiger partial charge in [-0.3, -0.25) is 15.6 Å². The van der Waals surface area contributed by atoms with Crippen LogP contribution in [0.4, 0.5) is 5.13 Å². The molecule has 0 bridgehead atoms. The molecule has 164 valence electrons. The average Bonchev–Trinajstić information content (AvgIpc) is 3.08. The number of hydrogen-bond acceptors (Lipinski definition) is 7. The molecule has 0 radical (unpaired) electrons. The summed E-state index contributed by atoms with van der Waals surface area (Å²) in [5.41, 5.74) is 7.01. The van der Waals surface area contributed by atoms with E-state index in [2.05, 4.69) is 20.6 Å². The smallest absolute Gasteiger partial charge is 0.269 e. The van der Waals surface area contributed by atoms with E-state index in [1.54, 1.807) is 24.3 Å². The predicted octanol–water partition coefficient (Wildman–Crippen LogP) is 3.66. The second kappa shape index (κ2) is 9.65. The number of ether oxygens (including phenoxy) is 1. The number of carbonyl (C=O) groups excluding carboxylic acids is 1. The van der Waals surface area contributed by atoms with Gasteiger partial charge >= 0.3 is 0 Å². The summed E-state index contributed by atoms with van der Waals surface area (Å²) in [6, 6.07) is 11.0. The van der Waals surface area contributed by atoms with Crippen LogP contribution >= 0.6 is 22.9 Å². The molecule has 0 aliphatic heterocycles. The van der Waals surface area contributed by atoms with Crippen LogP contribution in [-0.4, -0.2) is 26.4 Å². The van der Waals surface area contributed by atoms with E-state index in [-0.39, 0.29) is 22.8 Å². The van der Waals surface area contributed by atoms with Gasteiger partial charge in [0, 0.05) is 22.0 Å². The molecule has 0 saturated heterocycles. The van der Waals surface area contributed by atoms with Crippen molar-refractivity contribution in [1.82, 2.24) is 15.1 Å². The maximum absolute atomic E-state index is 12.9. The maximum atomic E-state index is 12.9. The van der Waals surface area contributed by atoms with E-state index >= 15 is 0 Å². The Morgan fingerprint density at radius 2 is 1.87 bits per heavy atom. The molecule has 11 heteroatoms. The number of hydrogen-bond donors (Lipinski definition) is 3. The summed E-state index contributed by atoms with van der Waals surface area (Å²) in [5, 5.41) is 1.10. The standard InChI is InChI=1S/C20H21ClN4O4S2/c1-12-13(2)30-20(23-12)25-24-19(26)15-6-9-17(29-3)18(10-15)31(27,28)22-11-14-4-7-16(21)8-5-14/h4-10,22H,11H2,1-3H3,(H,23,25)(H,24,26). The molecule has 3 aromatic rings. The third-order valence-corrected chi connectivity index (χ3v) is 7.07. The normalized spacial score (nSPS) is 11.2. The molecule has 0 unspecified atom stereocenters. The van der Waals surface area contributed by atoms with Crippen LogP contribution in [-0.2, 0) is 16.6 Å². The van der Waals surface area contributed by atoms with Crippen molar-refractivity contribution in [2.45, 2.75) is 25.3 Å². The minimum absolute atomic E-state index is 0.0589. The fourth-order valence-electron chi connectivity index (χ4n) is 2.59. The SMILES string of the molecule is COc1ccc(C(=O)NNc2nc(C)c(C)s2)cc1S(=O)(=O)NCc1ccc(Cl)cc1. The lowest BCUT2D eigenvalue weighted by atomic mass is 10.2. The number of rotatable bonds is 8. The van der Waals surface area contributed by atoms with Crippen molar-refractivity contribution >= 4 is 44.0 Å². The van der Waals surface area contributed by atoms with Gasteiger partial charge in [0.1, 0.15) is 10.6 Å². The summed E-state index contributed by atoms with van der Waals surface area (Å²) >= 11 is 7.26. The molecule has 8 nitrogen and oxygen atoms in total. The highest BCUT2D eigenvalue weighted by molar-refractivity contribution is 7.89. The minimum atomic E-state index is -3.96. The molecular weight excluding hydrogens is 460 g/mol. The van der Waals surface area contributed by atoms with Crippen molar-refractivity contribution in [3.63, 3.8) is 0 Å². The first-order valence-corrected chi connectivity index (χ1v) is 11.8. The average molecular weight is 481 g/mol. The zero-order valence-corrected chi connectivity index (χ0v) is 19.4. The van der Waals surface area contributed by atoms with Crippen LogP contribution in [0.25, 0.3) is 0 Å². The second-order valence-electron chi connectivity index (χ2n) is 6.56. The molecule has 1 aromatic heterocycles. The lowest BCUT2D eigenvalue weighted by Crippen LogP contribution is -2.30. The van der Waals surface area contributed by atoms with Gasteiger partial charge < -0.3 is 4.74 Å². The maximum Gasteiger partial charge on any atom is 0.269 e. The molecule has 0 aliphatic rings. The van der Waals surface area contributed by atoms with Crippen molar-refractivity contribution in [2.24, 2.45) is 0 Å². The summed E-state index contributed by atoms with van der Waals surface area (Å²) in [6.07, 6.45) is 0. The molecule has 2 aromatic carbocycles. The molecule has 1 amide bonds. The quantitative estimate of drug-likeness (QED) is 0.424. The molecule has 3 N–H and O–H groups in total. The fraction of sp³-hybridized carbons (Fsp3) is 0.200. The lowest BCUT2D eigenvalue weighted by Gasteiger charge is -2.13. The number of nitrogens with zero attached hydrogens (tertiary/aromatic N) is 1. The topological polar surface area (TPSA) is 109 Å². The van der Waals surface area contributed by atoms with Gasteiger partial charge in [-0.1, -0.05) is 23.7 Å². The van der Waals surface area contributed by atoms with Gasteiger partial charge in [-0.15, -0.1) is 11.3 Å². The summed E-state index contributed by atoms with van der Waals surface area (Å²) in [7, 11) is -2.59. The number of aromatic nitrogens is 1. The molecule has 0 aliphatic carbocycles. The molecule has 0 fully saturated rings. The van der Waals surface area contributed by atoms with Gasteiger partial charge in [0.15, 0.2) is 0 Å². The van der Waals surface area contributed by atoms with Crippen LogP contribution in [0.15, 0.2) is 47.4 Å². The number of benzene rings is 2. The van der Waals surface area contributed by atoms with Crippen molar-refractivity contribution in [3.8, 4) is 5.75 Å². The third-order valence-electron chi connectivity index (χ3n) is 4.41. The molecule has 1 heterocycles. The van der Waals surface area contributed by atoms with Crippen LogP contribution in [0.5, 0.6) is 5.75 Å². The highest BCUT2D eigenvalue weighted by atomic mass is 35.5. The van der Waals surface area contributed by atoms with Crippen molar-refractivity contribution in [3.05, 3.63) is 69.2 Å². The molecule has 0 atom stereocenters. The Balaban J connectivity index is 1.76. The third kappa shape index (κ3) is 5.73. The zero-order valence-electron chi connectivity index (χ0n) is 17.0. The number of nitrogens with one attached hydrogen (secondary N) is 3. The number of aryl methyl sites for hydroxylation is 2. The fourth-order valence-corrected chi connectivity index (χ4v) is 4.70. The monoisotopic (exact) mass is 480 g/mol. The van der Waals surface area contributed by atoms with E-state index in [9.17, 15) is 13.2 Å². The lowest BCUT2D eigenvalue weighted by molar-refractivity contribution is 0.0962. The van der Waals surface area contributed by atoms with Gasteiger partial charge in [0.25, 0.3) is 5.91 Å².